The van der Waals surface area contributed by atoms with E-state index in [4.69, 9.17) is 48.4 Å². The lowest BCUT2D eigenvalue weighted by Gasteiger charge is -2.10. The van der Waals surface area contributed by atoms with Crippen molar-refractivity contribution in [2.75, 3.05) is 52.9 Å². The molecule has 0 saturated carbocycles. The number of hydrogen-bond acceptors (Lipinski definition) is 10. The standard InChI is InChI=1S/C32H36N4O6/c1-5-25-21-39-17-13-37-14-19-41-23-27-7-3-11-31(35-27)32-12-4-8-28(36-32)24-42-20-16-38-15-18-40-22-26-6-2-10-30(34-26)29(9-1)33-25/h1-12H,13-24H2. The fourth-order valence-electron chi connectivity index (χ4n) is 4.19. The van der Waals surface area contributed by atoms with Crippen LogP contribution in [0.1, 0.15) is 22.8 Å². The molecule has 1 aliphatic heterocycles. The second-order valence-electron chi connectivity index (χ2n) is 9.49. The first-order valence-electron chi connectivity index (χ1n) is 14.1. The van der Waals surface area contributed by atoms with E-state index in [-0.39, 0.29) is 0 Å². The third-order valence-corrected chi connectivity index (χ3v) is 6.24. The van der Waals surface area contributed by atoms with Crippen molar-refractivity contribution in [3.05, 3.63) is 95.6 Å². The molecule has 1 aliphatic rings. The van der Waals surface area contributed by atoms with Gasteiger partial charge in [-0.25, -0.2) is 19.9 Å². The van der Waals surface area contributed by atoms with Crippen LogP contribution in [0, 0.1) is 0 Å². The zero-order valence-corrected chi connectivity index (χ0v) is 23.7. The highest BCUT2D eigenvalue weighted by molar-refractivity contribution is 5.55. The molecule has 0 aliphatic carbocycles. The summed E-state index contributed by atoms with van der Waals surface area (Å²) >= 11 is 0. The average molecular weight is 573 g/mol. The number of ether oxygens (including phenoxy) is 6. The van der Waals surface area contributed by atoms with E-state index in [9.17, 15) is 0 Å². The van der Waals surface area contributed by atoms with Gasteiger partial charge < -0.3 is 28.4 Å². The lowest BCUT2D eigenvalue weighted by molar-refractivity contribution is 0.00597. The molecule has 0 aromatic carbocycles. The monoisotopic (exact) mass is 572 g/mol. The van der Waals surface area contributed by atoms with Gasteiger partial charge in [0, 0.05) is 0 Å². The minimum absolute atomic E-state index is 0.390. The molecule has 8 bridgehead atoms. The van der Waals surface area contributed by atoms with Crippen molar-refractivity contribution in [3.63, 3.8) is 0 Å². The van der Waals surface area contributed by atoms with Crippen molar-refractivity contribution in [2.24, 2.45) is 0 Å². The van der Waals surface area contributed by atoms with Crippen LogP contribution in [-0.2, 0) is 54.8 Å². The topological polar surface area (TPSA) is 107 Å². The molecule has 0 radical (unpaired) electrons. The van der Waals surface area contributed by atoms with Crippen molar-refractivity contribution in [2.45, 2.75) is 26.4 Å². The van der Waals surface area contributed by atoms with Gasteiger partial charge in [-0.15, -0.1) is 0 Å². The maximum absolute atomic E-state index is 5.77. The van der Waals surface area contributed by atoms with Crippen molar-refractivity contribution in [1.82, 2.24) is 19.9 Å². The van der Waals surface area contributed by atoms with Gasteiger partial charge >= 0.3 is 0 Å². The first kappa shape index (κ1) is 29.8. The largest absolute Gasteiger partial charge is 0.377 e. The lowest BCUT2D eigenvalue weighted by Crippen LogP contribution is -2.10. The Kier molecular flexibility index (Phi) is 11.9. The van der Waals surface area contributed by atoms with Crippen molar-refractivity contribution >= 4 is 0 Å². The Balaban J connectivity index is 1.17. The number of nitrogens with zero attached hydrogens (tertiary/aromatic N) is 4. The Bertz CT molecular complexity index is 1180. The third-order valence-electron chi connectivity index (χ3n) is 6.24. The summed E-state index contributed by atoms with van der Waals surface area (Å²) in [5, 5.41) is 0. The van der Waals surface area contributed by atoms with E-state index >= 15 is 0 Å². The van der Waals surface area contributed by atoms with Gasteiger partial charge in [-0.2, -0.15) is 0 Å². The molecule has 4 aromatic heterocycles. The minimum atomic E-state index is 0.390. The fourth-order valence-corrected chi connectivity index (χ4v) is 4.19. The molecule has 0 amide bonds. The maximum Gasteiger partial charge on any atom is 0.0890 e. The van der Waals surface area contributed by atoms with Crippen LogP contribution in [0.25, 0.3) is 22.8 Å². The third kappa shape index (κ3) is 9.73. The molecule has 220 valence electrons. The molecule has 42 heavy (non-hydrogen) atoms. The van der Waals surface area contributed by atoms with Gasteiger partial charge in [-0.3, -0.25) is 0 Å². The molecule has 0 N–H and O–H groups in total. The van der Waals surface area contributed by atoms with Crippen LogP contribution < -0.4 is 0 Å². The van der Waals surface area contributed by atoms with Crippen LogP contribution >= 0.6 is 0 Å². The van der Waals surface area contributed by atoms with Gasteiger partial charge in [0.25, 0.3) is 0 Å². The van der Waals surface area contributed by atoms with E-state index < -0.39 is 0 Å². The van der Waals surface area contributed by atoms with E-state index in [1.165, 1.54) is 0 Å². The Hall–Kier alpha value is -3.64. The number of hydrogen-bond donors (Lipinski definition) is 0. The Labute approximate surface area is 246 Å². The van der Waals surface area contributed by atoms with Crippen molar-refractivity contribution in [1.29, 1.82) is 0 Å². The minimum Gasteiger partial charge on any atom is -0.377 e. The van der Waals surface area contributed by atoms with Gasteiger partial charge in [-0.1, -0.05) is 24.3 Å². The van der Waals surface area contributed by atoms with Gasteiger partial charge in [0.15, 0.2) is 0 Å². The summed E-state index contributed by atoms with van der Waals surface area (Å²) in [5.41, 5.74) is 6.47. The fraction of sp³-hybridized carbons (Fsp3) is 0.375. The van der Waals surface area contributed by atoms with Crippen molar-refractivity contribution in [3.8, 4) is 22.8 Å². The summed E-state index contributed by atoms with van der Waals surface area (Å²) in [6.07, 6.45) is 0. The molecule has 4 aromatic rings. The molecular formula is C32H36N4O6. The highest BCUT2D eigenvalue weighted by atomic mass is 16.5. The maximum atomic E-state index is 5.77. The summed E-state index contributed by atoms with van der Waals surface area (Å²) in [7, 11) is 0. The van der Waals surface area contributed by atoms with Gasteiger partial charge in [-0.05, 0) is 48.5 Å². The van der Waals surface area contributed by atoms with Crippen molar-refractivity contribution < 1.29 is 28.4 Å². The predicted octanol–water partition coefficient (Wildman–Crippen LogP) is 4.41. The van der Waals surface area contributed by atoms with Crippen LogP contribution in [0.4, 0.5) is 0 Å². The number of aromatic nitrogens is 4. The first-order valence-corrected chi connectivity index (χ1v) is 14.1. The molecule has 0 saturated heterocycles. The highest BCUT2D eigenvalue weighted by Gasteiger charge is 2.07. The summed E-state index contributed by atoms with van der Waals surface area (Å²) in [6.45, 7) is 5.28. The van der Waals surface area contributed by atoms with Gasteiger partial charge in [0.1, 0.15) is 0 Å². The van der Waals surface area contributed by atoms with Crippen LogP contribution in [-0.4, -0.2) is 72.8 Å². The van der Waals surface area contributed by atoms with E-state index in [0.717, 1.165) is 45.6 Å². The smallest absolute Gasteiger partial charge is 0.0890 e. The molecule has 10 nitrogen and oxygen atoms in total. The molecule has 0 spiro atoms. The van der Waals surface area contributed by atoms with Crippen LogP contribution in [0.15, 0.2) is 72.8 Å². The second kappa shape index (κ2) is 16.7. The molecular weight excluding hydrogens is 536 g/mol. The van der Waals surface area contributed by atoms with E-state index in [0.29, 0.717) is 79.3 Å². The average Bonchev–Trinajstić information content (AvgIpc) is 3.03. The highest BCUT2D eigenvalue weighted by Crippen LogP contribution is 2.17. The quantitative estimate of drug-likeness (QED) is 0.301. The predicted molar refractivity (Wildman–Crippen MR) is 155 cm³/mol. The Morgan fingerprint density at radius 1 is 0.310 bits per heavy atom. The summed E-state index contributed by atoms with van der Waals surface area (Å²) < 4.78 is 34.4. The molecule has 0 unspecified atom stereocenters. The van der Waals surface area contributed by atoms with Crippen LogP contribution in [0.3, 0.4) is 0 Å². The first-order chi connectivity index (χ1) is 20.8. The van der Waals surface area contributed by atoms with Crippen LogP contribution in [0.5, 0.6) is 0 Å². The van der Waals surface area contributed by atoms with Gasteiger partial charge in [0.05, 0.1) is 125 Å². The van der Waals surface area contributed by atoms with E-state index in [1.54, 1.807) is 0 Å². The van der Waals surface area contributed by atoms with Gasteiger partial charge in [0.2, 0.25) is 0 Å². The van der Waals surface area contributed by atoms with E-state index in [2.05, 4.69) is 0 Å². The summed E-state index contributed by atoms with van der Waals surface area (Å²) in [6, 6.07) is 23.4. The molecule has 10 heteroatoms. The molecule has 0 fully saturated rings. The normalized spacial score (nSPS) is 16.8. The molecule has 5 rings (SSSR count). The Morgan fingerprint density at radius 3 is 0.810 bits per heavy atom. The van der Waals surface area contributed by atoms with Crippen LogP contribution in [0.2, 0.25) is 0 Å². The zero-order chi connectivity index (χ0) is 28.7. The number of pyridine rings is 4. The summed E-state index contributed by atoms with van der Waals surface area (Å²) in [5.74, 6) is 0. The summed E-state index contributed by atoms with van der Waals surface area (Å²) in [4.78, 5) is 18.8. The number of rotatable bonds is 0. The second-order valence-corrected chi connectivity index (χ2v) is 9.49. The lowest BCUT2D eigenvalue weighted by atomic mass is 10.2. The molecule has 0 atom stereocenters. The molecule has 5 heterocycles. The zero-order valence-electron chi connectivity index (χ0n) is 23.7. The van der Waals surface area contributed by atoms with E-state index in [1.807, 2.05) is 72.8 Å². The number of fused-ring (bicyclic) bond motifs is 10. The Morgan fingerprint density at radius 2 is 0.548 bits per heavy atom. The SMILES string of the molecule is c1cc2nc(c1)-c1cccc(n1)COCCOCCOCc1cccc(n1)-c1cccc(n1)COCCOCCOC2.